The van der Waals surface area contributed by atoms with Crippen molar-refractivity contribution in [1.82, 2.24) is 9.88 Å². The molecular weight excluding hydrogens is 320 g/mol. The second kappa shape index (κ2) is 6.37. The van der Waals surface area contributed by atoms with Crippen LogP contribution in [0.4, 0.5) is 0 Å². The van der Waals surface area contributed by atoms with Gasteiger partial charge in [0, 0.05) is 30.4 Å². The highest BCUT2D eigenvalue weighted by Crippen LogP contribution is 2.40. The number of hydrogen-bond donors (Lipinski definition) is 1. The van der Waals surface area contributed by atoms with Crippen LogP contribution in [0.15, 0.2) is 48.7 Å². The van der Waals surface area contributed by atoms with Crippen molar-refractivity contribution in [2.24, 2.45) is 5.92 Å². The lowest BCUT2D eigenvalue weighted by molar-refractivity contribution is -0.122. The molecule has 0 unspecified atom stereocenters. The molecule has 6 nitrogen and oxygen atoms in total. The number of likely N-dealkylation sites (tertiary alicyclic amines) is 1. The number of nitrogens with zero attached hydrogens (tertiary/aromatic N) is 2. The maximum atomic E-state index is 12.5. The average Bonchev–Trinajstić information content (AvgIpc) is 3.03. The van der Waals surface area contributed by atoms with Gasteiger partial charge in [0.1, 0.15) is 11.4 Å². The van der Waals surface area contributed by atoms with Gasteiger partial charge >= 0.3 is 0 Å². The van der Waals surface area contributed by atoms with Crippen LogP contribution in [-0.2, 0) is 4.74 Å². The molecular formula is C19H20N2O4. The lowest BCUT2D eigenvalue weighted by Crippen LogP contribution is -2.66. The Labute approximate surface area is 146 Å². The lowest BCUT2D eigenvalue weighted by Gasteiger charge is -2.50. The van der Waals surface area contributed by atoms with Crippen molar-refractivity contribution in [2.75, 3.05) is 26.3 Å². The first kappa shape index (κ1) is 15.9. The Morgan fingerprint density at radius 2 is 2.20 bits per heavy atom. The van der Waals surface area contributed by atoms with Crippen molar-refractivity contribution < 1.29 is 19.4 Å². The quantitative estimate of drug-likeness (QED) is 0.923. The van der Waals surface area contributed by atoms with Crippen molar-refractivity contribution >= 4 is 5.91 Å². The first-order valence-electron chi connectivity index (χ1n) is 8.42. The monoisotopic (exact) mass is 340 g/mol. The second-order valence-corrected chi connectivity index (χ2v) is 6.59. The van der Waals surface area contributed by atoms with Crippen LogP contribution < -0.4 is 4.74 Å². The third-order valence-corrected chi connectivity index (χ3v) is 4.97. The molecule has 2 aromatic rings. The van der Waals surface area contributed by atoms with Gasteiger partial charge in [0.05, 0.1) is 19.7 Å². The van der Waals surface area contributed by atoms with E-state index in [1.54, 1.807) is 29.3 Å². The van der Waals surface area contributed by atoms with Crippen LogP contribution in [0.1, 0.15) is 16.8 Å². The standard InChI is InChI=1S/C19H20N2O4/c22-16-5-3-4-14(10-16)18(23)21-12-19(13-21)15(7-9-25-19)11-24-17-6-1-2-8-20-17/h1-6,8,10,15,22H,7,9,11-13H2/t15-/m0/s1. The third kappa shape index (κ3) is 3.05. The number of ether oxygens (including phenoxy) is 2. The number of aromatic nitrogens is 1. The molecule has 3 heterocycles. The third-order valence-electron chi connectivity index (χ3n) is 4.97. The second-order valence-electron chi connectivity index (χ2n) is 6.59. The molecule has 1 spiro atoms. The highest BCUT2D eigenvalue weighted by Gasteiger charge is 2.54. The molecule has 2 aliphatic rings. The maximum absolute atomic E-state index is 12.5. The van der Waals surface area contributed by atoms with Gasteiger partial charge in [0.25, 0.3) is 5.91 Å². The smallest absolute Gasteiger partial charge is 0.254 e. The normalized spacial score (nSPS) is 21.1. The fourth-order valence-electron chi connectivity index (χ4n) is 3.55. The molecule has 4 rings (SSSR count). The molecule has 6 heteroatoms. The summed E-state index contributed by atoms with van der Waals surface area (Å²) in [6.07, 6.45) is 2.62. The van der Waals surface area contributed by atoms with Crippen LogP contribution in [0, 0.1) is 5.92 Å². The van der Waals surface area contributed by atoms with Crippen molar-refractivity contribution in [1.29, 1.82) is 0 Å². The fourth-order valence-corrected chi connectivity index (χ4v) is 3.55. The van der Waals surface area contributed by atoms with Gasteiger partial charge < -0.3 is 19.5 Å². The zero-order chi connectivity index (χ0) is 17.3. The number of carbonyl (C=O) groups is 1. The lowest BCUT2D eigenvalue weighted by atomic mass is 9.81. The molecule has 25 heavy (non-hydrogen) atoms. The van der Waals surface area contributed by atoms with E-state index in [-0.39, 0.29) is 23.2 Å². The summed E-state index contributed by atoms with van der Waals surface area (Å²) < 4.78 is 11.8. The molecule has 0 bridgehead atoms. The van der Waals surface area contributed by atoms with Gasteiger partial charge in [0.15, 0.2) is 0 Å². The summed E-state index contributed by atoms with van der Waals surface area (Å²) in [5.41, 5.74) is 0.176. The molecule has 0 radical (unpaired) electrons. The van der Waals surface area contributed by atoms with E-state index in [2.05, 4.69) is 4.98 Å². The molecule has 1 amide bonds. The molecule has 0 saturated carbocycles. The zero-order valence-corrected chi connectivity index (χ0v) is 13.8. The molecule has 2 fully saturated rings. The van der Waals surface area contributed by atoms with E-state index >= 15 is 0 Å². The summed E-state index contributed by atoms with van der Waals surface area (Å²) in [6, 6.07) is 12.0. The summed E-state index contributed by atoms with van der Waals surface area (Å²) in [5.74, 6) is 0.862. The molecule has 130 valence electrons. The van der Waals surface area contributed by atoms with Gasteiger partial charge in [-0.15, -0.1) is 0 Å². The Morgan fingerprint density at radius 3 is 2.96 bits per heavy atom. The number of benzene rings is 1. The fraction of sp³-hybridized carbons (Fsp3) is 0.368. The summed E-state index contributed by atoms with van der Waals surface area (Å²) in [7, 11) is 0. The van der Waals surface area contributed by atoms with Gasteiger partial charge in [-0.25, -0.2) is 4.98 Å². The topological polar surface area (TPSA) is 71.9 Å². The molecule has 1 aromatic carbocycles. The summed E-state index contributed by atoms with van der Waals surface area (Å²) >= 11 is 0. The van der Waals surface area contributed by atoms with Crippen LogP contribution >= 0.6 is 0 Å². The minimum Gasteiger partial charge on any atom is -0.508 e. The number of hydrogen-bond acceptors (Lipinski definition) is 5. The Kier molecular flexibility index (Phi) is 4.05. The minimum atomic E-state index is -0.318. The van der Waals surface area contributed by atoms with Crippen molar-refractivity contribution in [3.05, 3.63) is 54.2 Å². The van der Waals surface area contributed by atoms with Crippen molar-refractivity contribution in [2.45, 2.75) is 12.0 Å². The van der Waals surface area contributed by atoms with E-state index in [0.29, 0.717) is 37.7 Å². The number of aromatic hydroxyl groups is 1. The summed E-state index contributed by atoms with van der Waals surface area (Å²) in [5, 5.41) is 9.54. The number of amides is 1. The van der Waals surface area contributed by atoms with Gasteiger partial charge in [-0.1, -0.05) is 12.1 Å². The van der Waals surface area contributed by atoms with E-state index in [4.69, 9.17) is 9.47 Å². The SMILES string of the molecule is O=C(c1cccc(O)c1)N1CC2(C1)OCC[C@H]2COc1ccccn1. The van der Waals surface area contributed by atoms with Gasteiger partial charge in [-0.2, -0.15) is 0 Å². The maximum Gasteiger partial charge on any atom is 0.254 e. The Hall–Kier alpha value is -2.60. The molecule has 1 aromatic heterocycles. The van der Waals surface area contributed by atoms with Crippen molar-refractivity contribution in [3.8, 4) is 11.6 Å². The van der Waals surface area contributed by atoms with Gasteiger partial charge in [-0.05, 0) is 30.7 Å². The summed E-state index contributed by atoms with van der Waals surface area (Å²) in [6.45, 7) is 2.32. The number of rotatable bonds is 4. The highest BCUT2D eigenvalue weighted by atomic mass is 16.5. The van der Waals surface area contributed by atoms with E-state index in [1.165, 1.54) is 6.07 Å². The minimum absolute atomic E-state index is 0.0820. The first-order valence-corrected chi connectivity index (χ1v) is 8.42. The Balaban J connectivity index is 1.38. The van der Waals surface area contributed by atoms with Crippen LogP contribution in [0.5, 0.6) is 11.6 Å². The van der Waals surface area contributed by atoms with Gasteiger partial charge in [0.2, 0.25) is 5.88 Å². The van der Waals surface area contributed by atoms with Crippen LogP contribution in [-0.4, -0.2) is 52.8 Å². The highest BCUT2D eigenvalue weighted by molar-refractivity contribution is 5.95. The molecule has 2 aliphatic heterocycles. The molecule has 1 N–H and O–H groups in total. The van der Waals surface area contributed by atoms with Crippen LogP contribution in [0.3, 0.4) is 0 Å². The average molecular weight is 340 g/mol. The van der Waals surface area contributed by atoms with E-state index in [0.717, 1.165) is 6.42 Å². The number of phenolic OH excluding ortho intramolecular Hbond substituents is 1. The first-order chi connectivity index (χ1) is 12.2. The van der Waals surface area contributed by atoms with Crippen LogP contribution in [0.2, 0.25) is 0 Å². The largest absolute Gasteiger partial charge is 0.508 e. The van der Waals surface area contributed by atoms with E-state index in [1.807, 2.05) is 18.2 Å². The van der Waals surface area contributed by atoms with Gasteiger partial charge in [-0.3, -0.25) is 4.79 Å². The zero-order valence-electron chi connectivity index (χ0n) is 13.8. The molecule has 1 atom stereocenters. The molecule has 2 saturated heterocycles. The Morgan fingerprint density at radius 1 is 1.32 bits per heavy atom. The van der Waals surface area contributed by atoms with E-state index < -0.39 is 0 Å². The molecule has 0 aliphatic carbocycles. The van der Waals surface area contributed by atoms with Crippen LogP contribution in [0.25, 0.3) is 0 Å². The predicted octanol–water partition coefficient (Wildman–Crippen LogP) is 2.10. The van der Waals surface area contributed by atoms with Crippen molar-refractivity contribution in [3.63, 3.8) is 0 Å². The Bertz CT molecular complexity index is 759. The summed E-state index contributed by atoms with van der Waals surface area (Å²) in [4.78, 5) is 18.5. The van der Waals surface area contributed by atoms with E-state index in [9.17, 15) is 9.90 Å². The predicted molar refractivity (Wildman–Crippen MR) is 90.5 cm³/mol. The number of pyridine rings is 1. The number of carbonyl (C=O) groups excluding carboxylic acids is 1. The number of phenols is 1.